The first-order valence-corrected chi connectivity index (χ1v) is 7.00. The molecule has 1 aromatic heterocycles. The number of nitrogens with zero attached hydrogens (tertiary/aromatic N) is 2. The smallest absolute Gasteiger partial charge is 0.108 e. The predicted molar refractivity (Wildman–Crippen MR) is 81.9 cm³/mol. The van der Waals surface area contributed by atoms with Crippen molar-refractivity contribution in [3.63, 3.8) is 0 Å². The molecule has 3 heteroatoms. The van der Waals surface area contributed by atoms with Crippen LogP contribution in [0.2, 0.25) is 0 Å². The van der Waals surface area contributed by atoms with Crippen LogP contribution in [0.4, 0.5) is 0 Å². The van der Waals surface area contributed by atoms with Crippen LogP contribution >= 0.6 is 0 Å². The van der Waals surface area contributed by atoms with Crippen molar-refractivity contribution in [3.05, 3.63) is 52.3 Å². The van der Waals surface area contributed by atoms with E-state index in [2.05, 4.69) is 45.8 Å². The number of hydrogen-bond donors (Lipinski definition) is 1. The van der Waals surface area contributed by atoms with Gasteiger partial charge in [0, 0.05) is 24.2 Å². The minimum absolute atomic E-state index is 0.0880. The van der Waals surface area contributed by atoms with Crippen LogP contribution in [0.5, 0.6) is 0 Å². The van der Waals surface area contributed by atoms with E-state index in [1.165, 1.54) is 5.56 Å². The van der Waals surface area contributed by atoms with Gasteiger partial charge >= 0.3 is 0 Å². The molecule has 1 atom stereocenters. The van der Waals surface area contributed by atoms with E-state index in [0.717, 1.165) is 22.4 Å². The van der Waals surface area contributed by atoms with Gasteiger partial charge < -0.3 is 5.11 Å². The van der Waals surface area contributed by atoms with Crippen LogP contribution in [0.15, 0.2) is 24.4 Å². The average molecular weight is 272 g/mol. The molecule has 0 bridgehead atoms. The molecule has 3 nitrogen and oxygen atoms in total. The highest BCUT2D eigenvalue weighted by molar-refractivity contribution is 5.41. The lowest BCUT2D eigenvalue weighted by Crippen LogP contribution is -2.17. The highest BCUT2D eigenvalue weighted by Gasteiger charge is 2.27. The molecule has 2 rings (SSSR count). The van der Waals surface area contributed by atoms with Crippen LogP contribution in [-0.2, 0) is 12.5 Å². The van der Waals surface area contributed by atoms with Crippen LogP contribution in [0.1, 0.15) is 54.8 Å². The highest BCUT2D eigenvalue weighted by Crippen LogP contribution is 2.33. The minimum Gasteiger partial charge on any atom is -0.384 e. The molecule has 0 fully saturated rings. The van der Waals surface area contributed by atoms with Gasteiger partial charge in [-0.2, -0.15) is 5.10 Å². The Hall–Kier alpha value is -1.61. The number of benzene rings is 1. The Kier molecular flexibility index (Phi) is 3.74. The third-order valence-corrected chi connectivity index (χ3v) is 3.80. The van der Waals surface area contributed by atoms with Crippen molar-refractivity contribution in [1.82, 2.24) is 9.78 Å². The molecule has 0 saturated carbocycles. The predicted octanol–water partition coefficient (Wildman–Crippen LogP) is 3.42. The zero-order valence-corrected chi connectivity index (χ0v) is 13.2. The van der Waals surface area contributed by atoms with Gasteiger partial charge in [-0.15, -0.1) is 0 Å². The van der Waals surface area contributed by atoms with E-state index in [4.69, 9.17) is 0 Å². The summed E-state index contributed by atoms with van der Waals surface area (Å²) in [7, 11) is 1.90. The van der Waals surface area contributed by atoms with E-state index >= 15 is 0 Å². The summed E-state index contributed by atoms with van der Waals surface area (Å²) in [6.45, 7) is 10.5. The monoisotopic (exact) mass is 272 g/mol. The number of rotatable bonds is 2. The summed E-state index contributed by atoms with van der Waals surface area (Å²) in [6.07, 6.45) is 1.30. The molecule has 1 N–H and O–H groups in total. The Balaban J connectivity index is 2.54. The van der Waals surface area contributed by atoms with Crippen LogP contribution in [-0.4, -0.2) is 14.9 Å². The van der Waals surface area contributed by atoms with Crippen molar-refractivity contribution in [1.29, 1.82) is 0 Å². The maximum absolute atomic E-state index is 10.8. The molecule has 1 heterocycles. The summed E-state index contributed by atoms with van der Waals surface area (Å²) in [5.41, 5.74) is 5.06. The minimum atomic E-state index is -0.627. The fourth-order valence-corrected chi connectivity index (χ4v) is 2.53. The van der Waals surface area contributed by atoms with E-state index < -0.39 is 6.10 Å². The van der Waals surface area contributed by atoms with Crippen molar-refractivity contribution in [2.24, 2.45) is 7.05 Å². The summed E-state index contributed by atoms with van der Waals surface area (Å²) in [5.74, 6) is 0. The third-order valence-electron chi connectivity index (χ3n) is 3.80. The first kappa shape index (κ1) is 14.8. The molecule has 1 aromatic carbocycles. The second-order valence-corrected chi connectivity index (χ2v) is 6.55. The second kappa shape index (κ2) is 5.06. The zero-order chi connectivity index (χ0) is 15.1. The second-order valence-electron chi connectivity index (χ2n) is 6.55. The van der Waals surface area contributed by atoms with Crippen molar-refractivity contribution in [3.8, 4) is 0 Å². The zero-order valence-electron chi connectivity index (χ0n) is 13.2. The van der Waals surface area contributed by atoms with E-state index in [1.54, 1.807) is 4.68 Å². The average Bonchev–Trinajstić information content (AvgIpc) is 2.74. The van der Waals surface area contributed by atoms with Crippen molar-refractivity contribution in [2.75, 3.05) is 0 Å². The Morgan fingerprint density at radius 3 is 2.40 bits per heavy atom. The Labute approximate surface area is 121 Å². The maximum atomic E-state index is 10.8. The number of aromatic nitrogens is 2. The summed E-state index contributed by atoms with van der Waals surface area (Å²) >= 11 is 0. The Morgan fingerprint density at radius 1 is 1.15 bits per heavy atom. The molecular formula is C17H24N2O. The van der Waals surface area contributed by atoms with E-state index in [1.807, 2.05) is 25.4 Å². The molecule has 20 heavy (non-hydrogen) atoms. The van der Waals surface area contributed by atoms with Crippen LogP contribution < -0.4 is 0 Å². The van der Waals surface area contributed by atoms with E-state index in [-0.39, 0.29) is 5.41 Å². The van der Waals surface area contributed by atoms with E-state index in [0.29, 0.717) is 0 Å². The molecule has 108 valence electrons. The van der Waals surface area contributed by atoms with Gasteiger partial charge in [0.15, 0.2) is 0 Å². The summed E-state index contributed by atoms with van der Waals surface area (Å²) in [6, 6.07) is 6.06. The number of aryl methyl sites for hydroxylation is 2. The molecule has 0 amide bonds. The quantitative estimate of drug-likeness (QED) is 0.909. The molecule has 0 saturated heterocycles. The van der Waals surface area contributed by atoms with Crippen LogP contribution in [0, 0.1) is 13.8 Å². The lowest BCUT2D eigenvalue weighted by molar-refractivity contribution is 0.216. The van der Waals surface area contributed by atoms with Gasteiger partial charge in [-0.05, 0) is 30.5 Å². The van der Waals surface area contributed by atoms with Gasteiger partial charge in [0.1, 0.15) is 6.10 Å². The standard InChI is InChI=1S/C17H24N2O/c1-11-8-7-9-13(12(11)2)15(20)14-10-19(6)18-16(14)17(3,4)5/h7-10,15,20H,1-6H3. The lowest BCUT2D eigenvalue weighted by atomic mass is 9.86. The number of aliphatic hydroxyl groups excluding tert-OH is 1. The Morgan fingerprint density at radius 2 is 1.80 bits per heavy atom. The summed E-state index contributed by atoms with van der Waals surface area (Å²) in [4.78, 5) is 0. The van der Waals surface area contributed by atoms with Gasteiger partial charge in [0.05, 0.1) is 5.69 Å². The van der Waals surface area contributed by atoms with Crippen LogP contribution in [0.25, 0.3) is 0 Å². The Bertz CT molecular complexity index is 620. The van der Waals surface area contributed by atoms with Crippen molar-refractivity contribution >= 4 is 0 Å². The molecule has 1 unspecified atom stereocenters. The molecular weight excluding hydrogens is 248 g/mol. The van der Waals surface area contributed by atoms with E-state index in [9.17, 15) is 5.11 Å². The fraction of sp³-hybridized carbons (Fsp3) is 0.471. The van der Waals surface area contributed by atoms with Crippen molar-refractivity contribution in [2.45, 2.75) is 46.1 Å². The molecule has 0 aliphatic carbocycles. The van der Waals surface area contributed by atoms with Gasteiger partial charge in [0.2, 0.25) is 0 Å². The summed E-state index contributed by atoms with van der Waals surface area (Å²) in [5, 5.41) is 15.3. The maximum Gasteiger partial charge on any atom is 0.108 e. The third kappa shape index (κ3) is 2.63. The number of hydrogen-bond acceptors (Lipinski definition) is 2. The van der Waals surface area contributed by atoms with Crippen LogP contribution in [0.3, 0.4) is 0 Å². The molecule has 0 aliphatic rings. The van der Waals surface area contributed by atoms with Gasteiger partial charge in [-0.3, -0.25) is 4.68 Å². The first-order valence-electron chi connectivity index (χ1n) is 7.00. The normalized spacial score (nSPS) is 13.6. The fourth-order valence-electron chi connectivity index (χ4n) is 2.53. The first-order chi connectivity index (χ1) is 9.21. The molecule has 0 spiro atoms. The largest absolute Gasteiger partial charge is 0.384 e. The summed E-state index contributed by atoms with van der Waals surface area (Å²) < 4.78 is 1.78. The highest BCUT2D eigenvalue weighted by atomic mass is 16.3. The topological polar surface area (TPSA) is 38.0 Å². The van der Waals surface area contributed by atoms with Gasteiger partial charge in [-0.1, -0.05) is 39.0 Å². The number of aliphatic hydroxyl groups is 1. The van der Waals surface area contributed by atoms with Gasteiger partial charge in [-0.25, -0.2) is 0 Å². The molecule has 0 aliphatic heterocycles. The van der Waals surface area contributed by atoms with Gasteiger partial charge in [0.25, 0.3) is 0 Å². The lowest BCUT2D eigenvalue weighted by Gasteiger charge is -2.21. The molecule has 2 aromatic rings. The molecule has 0 radical (unpaired) electrons. The van der Waals surface area contributed by atoms with Crippen molar-refractivity contribution < 1.29 is 5.11 Å². The SMILES string of the molecule is Cc1cccc(C(O)c2cn(C)nc2C(C)(C)C)c1C.